The summed E-state index contributed by atoms with van der Waals surface area (Å²) in [5.41, 5.74) is 1.89. The van der Waals surface area contributed by atoms with E-state index in [0.29, 0.717) is 19.4 Å². The quantitative estimate of drug-likeness (QED) is 0.691. The first-order valence-corrected chi connectivity index (χ1v) is 8.72. The number of nitrogens with zero attached hydrogens (tertiary/aromatic N) is 5. The van der Waals surface area contributed by atoms with E-state index in [1.165, 1.54) is 11.0 Å². The normalized spacial score (nSPS) is 20.5. The summed E-state index contributed by atoms with van der Waals surface area (Å²) in [6.45, 7) is 0.425. The molecular weight excluding hydrogens is 332 g/mol. The van der Waals surface area contributed by atoms with Crippen molar-refractivity contribution in [2.45, 2.75) is 38.0 Å². The van der Waals surface area contributed by atoms with E-state index in [1.807, 2.05) is 30.5 Å². The molecule has 8 nitrogen and oxygen atoms in total. The fourth-order valence-electron chi connectivity index (χ4n) is 3.38. The van der Waals surface area contributed by atoms with Gasteiger partial charge in [0.05, 0.1) is 24.2 Å². The Kier molecular flexibility index (Phi) is 4.57. The molecule has 2 N–H and O–H groups in total. The van der Waals surface area contributed by atoms with Gasteiger partial charge in [0, 0.05) is 18.0 Å². The summed E-state index contributed by atoms with van der Waals surface area (Å²) in [5.74, 6) is 0.144. The fourth-order valence-corrected chi connectivity index (χ4v) is 3.38. The second-order valence-electron chi connectivity index (χ2n) is 6.71. The van der Waals surface area contributed by atoms with Gasteiger partial charge in [-0.15, -0.1) is 5.10 Å². The standard InChI is InChI=1S/C18H20N6O2/c25-15-8-13(9-15)18(21-17(26)5-6-24-11-20-22-23-24)14-7-12-3-1-2-4-16(12)19-10-14/h1-4,7,10-11,13,15,18,25H,5-6,8-9H2,(H,21,26). The van der Waals surface area contributed by atoms with Gasteiger partial charge in [-0.25, -0.2) is 4.68 Å². The summed E-state index contributed by atoms with van der Waals surface area (Å²) in [6, 6.07) is 9.82. The van der Waals surface area contributed by atoms with Crippen LogP contribution in [0.3, 0.4) is 0 Å². The molecule has 0 spiro atoms. The number of hydrogen-bond donors (Lipinski definition) is 2. The number of para-hydroxylation sites is 1. The molecule has 1 fully saturated rings. The van der Waals surface area contributed by atoms with E-state index in [1.54, 1.807) is 0 Å². The van der Waals surface area contributed by atoms with Crippen LogP contribution in [-0.4, -0.2) is 42.3 Å². The number of benzene rings is 1. The molecule has 1 atom stereocenters. The van der Waals surface area contributed by atoms with Crippen LogP contribution >= 0.6 is 0 Å². The molecule has 2 aromatic heterocycles. The van der Waals surface area contributed by atoms with Crippen LogP contribution < -0.4 is 5.32 Å². The van der Waals surface area contributed by atoms with Crippen molar-refractivity contribution in [3.8, 4) is 0 Å². The van der Waals surface area contributed by atoms with Crippen molar-refractivity contribution in [1.29, 1.82) is 0 Å². The Bertz CT molecular complexity index is 892. The molecule has 1 aliphatic carbocycles. The summed E-state index contributed by atoms with van der Waals surface area (Å²) < 4.78 is 1.53. The number of fused-ring (bicyclic) bond motifs is 1. The summed E-state index contributed by atoms with van der Waals surface area (Å²) >= 11 is 0. The molecule has 1 aliphatic rings. The van der Waals surface area contributed by atoms with Crippen LogP contribution in [0.15, 0.2) is 42.9 Å². The number of amides is 1. The highest BCUT2D eigenvalue weighted by Gasteiger charge is 2.35. The first kappa shape index (κ1) is 16.6. The predicted octanol–water partition coefficient (Wildman–Crippen LogP) is 1.24. The second kappa shape index (κ2) is 7.17. The molecule has 3 aromatic rings. The number of aryl methyl sites for hydroxylation is 1. The van der Waals surface area contributed by atoms with Crippen molar-refractivity contribution in [3.05, 3.63) is 48.4 Å². The molecule has 134 valence electrons. The number of aliphatic hydroxyl groups is 1. The van der Waals surface area contributed by atoms with E-state index in [2.05, 4.69) is 31.9 Å². The van der Waals surface area contributed by atoms with Crippen molar-refractivity contribution in [1.82, 2.24) is 30.5 Å². The van der Waals surface area contributed by atoms with E-state index in [9.17, 15) is 9.90 Å². The number of carbonyl (C=O) groups is 1. The molecule has 26 heavy (non-hydrogen) atoms. The van der Waals surface area contributed by atoms with Crippen LogP contribution in [0.25, 0.3) is 10.9 Å². The second-order valence-corrected chi connectivity index (χ2v) is 6.71. The molecule has 0 radical (unpaired) electrons. The van der Waals surface area contributed by atoms with Crippen molar-refractivity contribution >= 4 is 16.8 Å². The number of rotatable bonds is 6. The largest absolute Gasteiger partial charge is 0.393 e. The summed E-state index contributed by atoms with van der Waals surface area (Å²) in [7, 11) is 0. The molecule has 4 rings (SSSR count). The average Bonchev–Trinajstić information content (AvgIpc) is 3.15. The lowest BCUT2D eigenvalue weighted by Crippen LogP contribution is -2.41. The van der Waals surface area contributed by atoms with Gasteiger partial charge in [-0.05, 0) is 46.9 Å². The van der Waals surface area contributed by atoms with E-state index < -0.39 is 0 Å². The highest BCUT2D eigenvalue weighted by molar-refractivity contribution is 5.80. The molecule has 0 bridgehead atoms. The zero-order valence-corrected chi connectivity index (χ0v) is 14.2. The van der Waals surface area contributed by atoms with Crippen molar-refractivity contribution in [3.63, 3.8) is 0 Å². The fraction of sp³-hybridized carbons (Fsp3) is 0.389. The lowest BCUT2D eigenvalue weighted by Gasteiger charge is -2.38. The van der Waals surface area contributed by atoms with Gasteiger partial charge < -0.3 is 10.4 Å². The zero-order valence-electron chi connectivity index (χ0n) is 14.2. The molecule has 0 aliphatic heterocycles. The Morgan fingerprint density at radius 3 is 2.96 bits per heavy atom. The molecule has 8 heteroatoms. The number of aliphatic hydroxyl groups excluding tert-OH is 1. The third-order valence-corrected chi connectivity index (χ3v) is 4.87. The van der Waals surface area contributed by atoms with E-state index in [4.69, 9.17) is 0 Å². The van der Waals surface area contributed by atoms with Crippen LogP contribution in [-0.2, 0) is 11.3 Å². The highest BCUT2D eigenvalue weighted by atomic mass is 16.3. The van der Waals surface area contributed by atoms with Crippen LogP contribution in [0.1, 0.15) is 30.9 Å². The Labute approximate surface area is 150 Å². The van der Waals surface area contributed by atoms with E-state index in [-0.39, 0.29) is 30.4 Å². The summed E-state index contributed by atoms with van der Waals surface area (Å²) in [6.07, 6.45) is 4.68. The minimum absolute atomic E-state index is 0.0694. The first-order chi connectivity index (χ1) is 12.7. The molecule has 1 unspecified atom stereocenters. The minimum Gasteiger partial charge on any atom is -0.393 e. The average molecular weight is 352 g/mol. The smallest absolute Gasteiger partial charge is 0.222 e. The molecule has 1 saturated carbocycles. The molecule has 1 aromatic carbocycles. The molecule has 1 amide bonds. The number of pyridine rings is 1. The van der Waals surface area contributed by atoms with Gasteiger partial charge in [0.25, 0.3) is 0 Å². The zero-order chi connectivity index (χ0) is 17.9. The molecule has 2 heterocycles. The molecule has 0 saturated heterocycles. The maximum Gasteiger partial charge on any atom is 0.222 e. The Hall–Kier alpha value is -2.87. The maximum absolute atomic E-state index is 12.4. The summed E-state index contributed by atoms with van der Waals surface area (Å²) in [5, 5.41) is 24.7. The number of nitrogens with one attached hydrogen (secondary N) is 1. The van der Waals surface area contributed by atoms with Gasteiger partial charge in [-0.1, -0.05) is 18.2 Å². The summed E-state index contributed by atoms with van der Waals surface area (Å²) in [4.78, 5) is 16.9. The van der Waals surface area contributed by atoms with Gasteiger partial charge in [0.1, 0.15) is 6.33 Å². The van der Waals surface area contributed by atoms with Crippen LogP contribution in [0.4, 0.5) is 0 Å². The Morgan fingerprint density at radius 1 is 1.35 bits per heavy atom. The Morgan fingerprint density at radius 2 is 2.19 bits per heavy atom. The Balaban J connectivity index is 1.50. The van der Waals surface area contributed by atoms with Gasteiger partial charge in [-0.2, -0.15) is 0 Å². The van der Waals surface area contributed by atoms with Crippen LogP contribution in [0.5, 0.6) is 0 Å². The lowest BCUT2D eigenvalue weighted by atomic mass is 9.75. The third kappa shape index (κ3) is 3.55. The van der Waals surface area contributed by atoms with Gasteiger partial charge in [0.2, 0.25) is 5.91 Å². The van der Waals surface area contributed by atoms with E-state index >= 15 is 0 Å². The maximum atomic E-state index is 12.4. The minimum atomic E-state index is -0.283. The van der Waals surface area contributed by atoms with Crippen LogP contribution in [0.2, 0.25) is 0 Å². The lowest BCUT2D eigenvalue weighted by molar-refractivity contribution is -0.123. The number of carbonyl (C=O) groups excluding carboxylic acids is 1. The number of hydrogen-bond acceptors (Lipinski definition) is 6. The van der Waals surface area contributed by atoms with E-state index in [0.717, 1.165) is 16.5 Å². The topological polar surface area (TPSA) is 106 Å². The highest BCUT2D eigenvalue weighted by Crippen LogP contribution is 2.38. The molecular formula is C18H20N6O2. The van der Waals surface area contributed by atoms with Crippen LogP contribution in [0, 0.1) is 5.92 Å². The number of aromatic nitrogens is 5. The third-order valence-electron chi connectivity index (χ3n) is 4.87. The van der Waals surface area contributed by atoms with Crippen molar-refractivity contribution in [2.75, 3.05) is 0 Å². The van der Waals surface area contributed by atoms with Crippen molar-refractivity contribution in [2.24, 2.45) is 5.92 Å². The SMILES string of the molecule is O=C(CCn1cnnn1)NC(c1cnc2ccccc2c1)C1CC(O)C1. The van der Waals surface area contributed by atoms with Gasteiger partial charge >= 0.3 is 0 Å². The first-order valence-electron chi connectivity index (χ1n) is 8.72. The number of tetrazole rings is 1. The van der Waals surface area contributed by atoms with Gasteiger partial charge in [-0.3, -0.25) is 9.78 Å². The van der Waals surface area contributed by atoms with Gasteiger partial charge in [0.15, 0.2) is 0 Å². The van der Waals surface area contributed by atoms with Crippen molar-refractivity contribution < 1.29 is 9.90 Å². The monoisotopic (exact) mass is 352 g/mol. The predicted molar refractivity (Wildman–Crippen MR) is 93.8 cm³/mol.